The molecular formula is C32H42N4O4. The molecule has 1 spiro atoms. The number of carbonyl (C=O) groups excluding carboxylic acids is 3. The van der Waals surface area contributed by atoms with Crippen LogP contribution in [0.25, 0.3) is 0 Å². The van der Waals surface area contributed by atoms with Crippen LogP contribution in [0.1, 0.15) is 75.5 Å². The van der Waals surface area contributed by atoms with Crippen molar-refractivity contribution in [3.63, 3.8) is 0 Å². The van der Waals surface area contributed by atoms with E-state index in [0.717, 1.165) is 56.5 Å². The number of piperidine rings is 1. The summed E-state index contributed by atoms with van der Waals surface area (Å²) in [5.74, 6) is 1.69. The van der Waals surface area contributed by atoms with Crippen LogP contribution in [0.15, 0.2) is 42.5 Å². The highest BCUT2D eigenvalue weighted by Crippen LogP contribution is 2.41. The summed E-state index contributed by atoms with van der Waals surface area (Å²) in [4.78, 5) is 47.7. The highest BCUT2D eigenvalue weighted by molar-refractivity contribution is 5.90. The number of ether oxygens (including phenoxy) is 1. The lowest BCUT2D eigenvalue weighted by atomic mass is 9.72. The Hall–Kier alpha value is -3.42. The lowest BCUT2D eigenvalue weighted by Gasteiger charge is -2.44. The molecule has 0 aliphatic carbocycles. The van der Waals surface area contributed by atoms with Crippen LogP contribution in [0.2, 0.25) is 0 Å². The summed E-state index contributed by atoms with van der Waals surface area (Å²) in [6, 6.07) is 13.9. The molecule has 3 aliphatic heterocycles. The zero-order valence-electron chi connectivity index (χ0n) is 23.7. The van der Waals surface area contributed by atoms with Gasteiger partial charge in [0.1, 0.15) is 18.2 Å². The molecule has 1 aromatic carbocycles. The standard InChI is InChI=1S/C32H42N4O4/c1-24-9-6-14-28(33-24)34-29(37)15-7-16-30(38)35-21-18-32(19-22-35)17-5-4-11-25-10-2-3-13-27(25)40-23-26-12-8-20-36(26)31(32)39/h2-3,6,9-10,13-14,26H,4-5,7-8,11-12,15-23H2,1H3,(H,33,34,37)/t26-/m0/s1. The molecule has 0 bridgehead atoms. The topological polar surface area (TPSA) is 91.8 Å². The molecule has 8 heteroatoms. The van der Waals surface area contributed by atoms with Crippen LogP contribution in [-0.4, -0.2) is 64.8 Å². The van der Waals surface area contributed by atoms with E-state index in [9.17, 15) is 14.4 Å². The van der Waals surface area contributed by atoms with Crippen molar-refractivity contribution in [1.29, 1.82) is 0 Å². The minimum atomic E-state index is -0.404. The number of likely N-dealkylation sites (tertiary alicyclic amines) is 1. The molecule has 5 rings (SSSR count). The van der Waals surface area contributed by atoms with Crippen LogP contribution in [0.5, 0.6) is 5.75 Å². The largest absolute Gasteiger partial charge is 0.491 e. The molecule has 0 saturated carbocycles. The van der Waals surface area contributed by atoms with Gasteiger partial charge in [0.15, 0.2) is 0 Å². The first-order valence-electron chi connectivity index (χ1n) is 15.0. The number of hydrogen-bond donors (Lipinski definition) is 1. The van der Waals surface area contributed by atoms with E-state index in [1.54, 1.807) is 6.07 Å². The van der Waals surface area contributed by atoms with Crippen molar-refractivity contribution < 1.29 is 19.1 Å². The van der Waals surface area contributed by atoms with Gasteiger partial charge in [0, 0.05) is 38.2 Å². The molecule has 2 aromatic rings. The Labute approximate surface area is 237 Å². The number of nitrogens with zero attached hydrogens (tertiary/aromatic N) is 3. The molecule has 40 heavy (non-hydrogen) atoms. The molecule has 2 saturated heterocycles. The van der Waals surface area contributed by atoms with Gasteiger partial charge >= 0.3 is 0 Å². The van der Waals surface area contributed by atoms with E-state index < -0.39 is 5.41 Å². The molecule has 3 amide bonds. The van der Waals surface area contributed by atoms with Crippen molar-refractivity contribution in [2.24, 2.45) is 5.41 Å². The fourth-order valence-electron chi connectivity index (χ4n) is 6.53. The number of amides is 3. The summed E-state index contributed by atoms with van der Waals surface area (Å²) >= 11 is 0. The third kappa shape index (κ3) is 6.65. The van der Waals surface area contributed by atoms with Gasteiger partial charge in [0.25, 0.3) is 0 Å². The second-order valence-electron chi connectivity index (χ2n) is 11.6. The minimum absolute atomic E-state index is 0.0704. The maximum Gasteiger partial charge on any atom is 0.229 e. The van der Waals surface area contributed by atoms with Gasteiger partial charge in [-0.05, 0) is 82.1 Å². The maximum absolute atomic E-state index is 14.1. The van der Waals surface area contributed by atoms with Crippen LogP contribution in [0.3, 0.4) is 0 Å². The molecule has 214 valence electrons. The number of anilines is 1. The SMILES string of the molecule is Cc1cccc(NC(=O)CCCC(=O)N2CCC3(CCCCc4ccccc4OC[C@@H]4CCCN4C3=O)CC2)n1. The number of para-hydroxylation sites is 1. The second kappa shape index (κ2) is 12.8. The van der Waals surface area contributed by atoms with E-state index >= 15 is 0 Å². The van der Waals surface area contributed by atoms with Crippen LogP contribution in [0, 0.1) is 12.3 Å². The number of pyridine rings is 1. The predicted molar refractivity (Wildman–Crippen MR) is 154 cm³/mol. The van der Waals surface area contributed by atoms with Crippen LogP contribution in [0.4, 0.5) is 5.82 Å². The molecule has 1 aromatic heterocycles. The van der Waals surface area contributed by atoms with E-state index in [1.165, 1.54) is 5.56 Å². The van der Waals surface area contributed by atoms with Gasteiger partial charge in [-0.3, -0.25) is 14.4 Å². The van der Waals surface area contributed by atoms with Gasteiger partial charge in [0.2, 0.25) is 17.7 Å². The quantitative estimate of drug-likeness (QED) is 0.576. The molecular weight excluding hydrogens is 504 g/mol. The first-order valence-corrected chi connectivity index (χ1v) is 15.0. The number of carbonyl (C=O) groups is 3. The van der Waals surface area contributed by atoms with Gasteiger partial charge < -0.3 is 19.9 Å². The van der Waals surface area contributed by atoms with Crippen molar-refractivity contribution in [1.82, 2.24) is 14.8 Å². The molecule has 1 atom stereocenters. The average Bonchev–Trinajstić information content (AvgIpc) is 3.42. The van der Waals surface area contributed by atoms with E-state index in [1.807, 2.05) is 36.1 Å². The highest BCUT2D eigenvalue weighted by Gasteiger charge is 2.46. The Morgan fingerprint density at radius 3 is 2.65 bits per heavy atom. The number of rotatable bonds is 5. The van der Waals surface area contributed by atoms with Crippen molar-refractivity contribution in [2.75, 3.05) is 31.6 Å². The number of nitrogens with one attached hydrogen (secondary N) is 1. The zero-order valence-corrected chi connectivity index (χ0v) is 23.7. The highest BCUT2D eigenvalue weighted by atomic mass is 16.5. The van der Waals surface area contributed by atoms with Crippen molar-refractivity contribution in [3.8, 4) is 5.75 Å². The minimum Gasteiger partial charge on any atom is -0.491 e. The fraction of sp³-hybridized carbons (Fsp3) is 0.562. The van der Waals surface area contributed by atoms with Crippen LogP contribution in [-0.2, 0) is 20.8 Å². The van der Waals surface area contributed by atoms with Crippen molar-refractivity contribution in [3.05, 3.63) is 53.7 Å². The molecule has 2 fully saturated rings. The summed E-state index contributed by atoms with van der Waals surface area (Å²) in [6.45, 7) is 4.41. The number of aryl methyl sites for hydroxylation is 2. The van der Waals surface area contributed by atoms with E-state index in [0.29, 0.717) is 51.2 Å². The summed E-state index contributed by atoms with van der Waals surface area (Å²) in [5, 5.41) is 2.81. The van der Waals surface area contributed by atoms with E-state index in [-0.39, 0.29) is 30.2 Å². The lowest BCUT2D eigenvalue weighted by Crippen LogP contribution is -2.53. The van der Waals surface area contributed by atoms with Gasteiger partial charge in [0.05, 0.1) is 11.5 Å². The van der Waals surface area contributed by atoms with Crippen LogP contribution >= 0.6 is 0 Å². The van der Waals surface area contributed by atoms with Gasteiger partial charge in [-0.15, -0.1) is 0 Å². The smallest absolute Gasteiger partial charge is 0.229 e. The van der Waals surface area contributed by atoms with Gasteiger partial charge in [-0.1, -0.05) is 30.7 Å². The fourth-order valence-corrected chi connectivity index (χ4v) is 6.53. The molecule has 8 nitrogen and oxygen atoms in total. The Morgan fingerprint density at radius 1 is 1.00 bits per heavy atom. The maximum atomic E-state index is 14.1. The average molecular weight is 547 g/mol. The molecule has 1 N–H and O–H groups in total. The number of hydrogen-bond acceptors (Lipinski definition) is 5. The normalized spacial score (nSPS) is 21.0. The first kappa shape index (κ1) is 28.1. The summed E-state index contributed by atoms with van der Waals surface area (Å²) in [7, 11) is 0. The number of fused-ring (bicyclic) bond motifs is 2. The van der Waals surface area contributed by atoms with Crippen molar-refractivity contribution >= 4 is 23.5 Å². The Kier molecular flexibility index (Phi) is 9.02. The zero-order chi connectivity index (χ0) is 28.0. The number of aromatic nitrogens is 1. The van der Waals surface area contributed by atoms with Crippen LogP contribution < -0.4 is 10.1 Å². The predicted octanol–water partition coefficient (Wildman–Crippen LogP) is 4.90. The lowest BCUT2D eigenvalue weighted by molar-refractivity contribution is -0.150. The third-order valence-corrected chi connectivity index (χ3v) is 8.87. The summed E-state index contributed by atoms with van der Waals surface area (Å²) < 4.78 is 6.26. The Balaban J connectivity index is 1.16. The monoisotopic (exact) mass is 546 g/mol. The first-order chi connectivity index (χ1) is 19.4. The number of benzene rings is 1. The Bertz CT molecular complexity index is 1210. The second-order valence-corrected chi connectivity index (χ2v) is 11.6. The molecule has 0 radical (unpaired) electrons. The van der Waals surface area contributed by atoms with E-state index in [4.69, 9.17) is 4.74 Å². The molecule has 3 aliphatic rings. The summed E-state index contributed by atoms with van der Waals surface area (Å²) in [5.41, 5.74) is 1.69. The Morgan fingerprint density at radius 2 is 1.82 bits per heavy atom. The van der Waals surface area contributed by atoms with Gasteiger partial charge in [-0.2, -0.15) is 0 Å². The summed E-state index contributed by atoms with van der Waals surface area (Å²) in [6.07, 6.45) is 8.32. The van der Waals surface area contributed by atoms with E-state index in [2.05, 4.69) is 27.3 Å². The molecule has 0 unspecified atom stereocenters. The van der Waals surface area contributed by atoms with Crippen molar-refractivity contribution in [2.45, 2.75) is 83.6 Å². The third-order valence-electron chi connectivity index (χ3n) is 8.87. The van der Waals surface area contributed by atoms with Gasteiger partial charge in [-0.25, -0.2) is 4.98 Å². The molecule has 4 heterocycles.